The number of aliphatic hydroxyl groups excluding tert-OH is 2. The molecule has 0 spiro atoms. The Bertz CT molecular complexity index is 345. The highest BCUT2D eigenvalue weighted by atomic mass is 16.3. The summed E-state index contributed by atoms with van der Waals surface area (Å²) in [5.74, 6) is 0. The van der Waals surface area contributed by atoms with E-state index in [1.807, 2.05) is 36.4 Å². The Morgan fingerprint density at radius 2 is 2.00 bits per heavy atom. The second-order valence-corrected chi connectivity index (χ2v) is 4.26. The fourth-order valence-electron chi connectivity index (χ4n) is 2.15. The Morgan fingerprint density at radius 3 is 2.53 bits per heavy atom. The highest BCUT2D eigenvalue weighted by molar-refractivity contribution is 5.21. The first-order valence-corrected chi connectivity index (χ1v) is 5.26. The van der Waals surface area contributed by atoms with Crippen molar-refractivity contribution in [2.75, 3.05) is 6.61 Å². The highest BCUT2D eigenvalue weighted by Crippen LogP contribution is 2.36. The maximum Gasteiger partial charge on any atom is 0.0805 e. The smallest absolute Gasteiger partial charge is 0.0805 e. The first kappa shape index (κ1) is 10.4. The molecule has 0 saturated heterocycles. The van der Waals surface area contributed by atoms with Crippen molar-refractivity contribution in [2.45, 2.75) is 18.9 Å². The van der Waals surface area contributed by atoms with Crippen LogP contribution in [0, 0.1) is 5.41 Å². The van der Waals surface area contributed by atoms with Crippen LogP contribution in [0.1, 0.15) is 12.0 Å². The van der Waals surface area contributed by atoms with Gasteiger partial charge in [0.05, 0.1) is 12.7 Å². The SMILES string of the molecule is OC[C@@]1(Cc2ccccc2)CC=C[C@@H]1O. The molecule has 15 heavy (non-hydrogen) atoms. The van der Waals surface area contributed by atoms with Crippen LogP contribution in [0.4, 0.5) is 0 Å². The summed E-state index contributed by atoms with van der Waals surface area (Å²) >= 11 is 0. The number of rotatable bonds is 3. The molecule has 0 bridgehead atoms. The lowest BCUT2D eigenvalue weighted by atomic mass is 9.78. The van der Waals surface area contributed by atoms with Crippen LogP contribution in [0.2, 0.25) is 0 Å². The van der Waals surface area contributed by atoms with E-state index in [0.29, 0.717) is 0 Å². The zero-order valence-corrected chi connectivity index (χ0v) is 8.63. The molecular weight excluding hydrogens is 188 g/mol. The van der Waals surface area contributed by atoms with Crippen molar-refractivity contribution in [1.82, 2.24) is 0 Å². The molecule has 0 amide bonds. The first-order valence-electron chi connectivity index (χ1n) is 5.26. The molecule has 2 N–H and O–H groups in total. The van der Waals surface area contributed by atoms with E-state index >= 15 is 0 Å². The normalized spacial score (nSPS) is 29.6. The van der Waals surface area contributed by atoms with E-state index in [0.717, 1.165) is 18.4 Å². The Kier molecular flexibility index (Phi) is 2.89. The summed E-state index contributed by atoms with van der Waals surface area (Å²) in [6, 6.07) is 9.99. The van der Waals surface area contributed by atoms with Crippen molar-refractivity contribution in [3.8, 4) is 0 Å². The van der Waals surface area contributed by atoms with E-state index in [1.54, 1.807) is 6.08 Å². The third-order valence-corrected chi connectivity index (χ3v) is 3.18. The fraction of sp³-hybridized carbons (Fsp3) is 0.385. The number of aliphatic hydroxyl groups is 2. The molecule has 0 heterocycles. The maximum atomic E-state index is 9.85. The van der Waals surface area contributed by atoms with Gasteiger partial charge in [-0.2, -0.15) is 0 Å². The Hall–Kier alpha value is -1.12. The summed E-state index contributed by atoms with van der Waals surface area (Å²) in [5, 5.41) is 19.3. The van der Waals surface area contributed by atoms with Crippen molar-refractivity contribution < 1.29 is 10.2 Å². The molecule has 2 heteroatoms. The standard InChI is InChI=1S/C13H16O2/c14-10-13(8-4-7-12(13)15)9-11-5-2-1-3-6-11/h1-7,12,14-15H,8-10H2/t12-,13-/m0/s1. The van der Waals surface area contributed by atoms with Crippen molar-refractivity contribution in [2.24, 2.45) is 5.41 Å². The van der Waals surface area contributed by atoms with Crippen molar-refractivity contribution >= 4 is 0 Å². The predicted molar refractivity (Wildman–Crippen MR) is 59.4 cm³/mol. The number of hydrogen-bond acceptors (Lipinski definition) is 2. The first-order chi connectivity index (χ1) is 7.27. The lowest BCUT2D eigenvalue weighted by molar-refractivity contribution is 0.0224. The molecule has 1 aliphatic carbocycles. The van der Waals surface area contributed by atoms with Crippen LogP contribution < -0.4 is 0 Å². The molecule has 0 fully saturated rings. The third kappa shape index (κ3) is 1.96. The molecule has 2 atom stereocenters. The van der Waals surface area contributed by atoms with Gasteiger partial charge < -0.3 is 10.2 Å². The molecule has 80 valence electrons. The minimum atomic E-state index is -0.525. The molecule has 1 aromatic rings. The van der Waals surface area contributed by atoms with E-state index in [9.17, 15) is 10.2 Å². The van der Waals surface area contributed by atoms with Gasteiger partial charge in [0.1, 0.15) is 0 Å². The van der Waals surface area contributed by atoms with Gasteiger partial charge in [0.2, 0.25) is 0 Å². The van der Waals surface area contributed by atoms with Crippen LogP contribution in [0.15, 0.2) is 42.5 Å². The number of benzene rings is 1. The van der Waals surface area contributed by atoms with Crippen LogP contribution in [-0.4, -0.2) is 22.9 Å². The molecule has 0 unspecified atom stereocenters. The van der Waals surface area contributed by atoms with Gasteiger partial charge >= 0.3 is 0 Å². The number of allylic oxidation sites excluding steroid dienone is 1. The zero-order valence-electron chi connectivity index (χ0n) is 8.63. The summed E-state index contributed by atoms with van der Waals surface area (Å²) in [6.07, 6.45) is 4.67. The molecule has 1 aliphatic rings. The highest BCUT2D eigenvalue weighted by Gasteiger charge is 2.38. The van der Waals surface area contributed by atoms with Gasteiger partial charge in [-0.15, -0.1) is 0 Å². The minimum Gasteiger partial charge on any atom is -0.396 e. The minimum absolute atomic E-state index is 0.0239. The van der Waals surface area contributed by atoms with E-state index in [1.165, 1.54) is 0 Å². The molecule has 0 saturated carbocycles. The maximum absolute atomic E-state index is 9.85. The Balaban J connectivity index is 2.16. The van der Waals surface area contributed by atoms with Crippen molar-refractivity contribution in [3.05, 3.63) is 48.0 Å². The van der Waals surface area contributed by atoms with Crippen LogP contribution >= 0.6 is 0 Å². The van der Waals surface area contributed by atoms with Crippen molar-refractivity contribution in [3.63, 3.8) is 0 Å². The van der Waals surface area contributed by atoms with E-state index < -0.39 is 11.5 Å². The second-order valence-electron chi connectivity index (χ2n) is 4.26. The lowest BCUT2D eigenvalue weighted by Gasteiger charge is -2.30. The Labute approximate surface area is 89.9 Å². The van der Waals surface area contributed by atoms with Crippen LogP contribution in [0.5, 0.6) is 0 Å². The molecule has 0 aromatic heterocycles. The third-order valence-electron chi connectivity index (χ3n) is 3.18. The quantitative estimate of drug-likeness (QED) is 0.733. The number of hydrogen-bond donors (Lipinski definition) is 2. The molecule has 0 radical (unpaired) electrons. The van der Waals surface area contributed by atoms with Gasteiger partial charge in [-0.25, -0.2) is 0 Å². The van der Waals surface area contributed by atoms with E-state index in [-0.39, 0.29) is 6.61 Å². The fourth-order valence-corrected chi connectivity index (χ4v) is 2.15. The Morgan fingerprint density at radius 1 is 1.27 bits per heavy atom. The molecule has 2 rings (SSSR count). The second kappa shape index (κ2) is 4.17. The van der Waals surface area contributed by atoms with Crippen LogP contribution in [0.3, 0.4) is 0 Å². The summed E-state index contributed by atoms with van der Waals surface area (Å²) in [7, 11) is 0. The van der Waals surface area contributed by atoms with Gasteiger partial charge in [-0.05, 0) is 18.4 Å². The molecule has 0 aliphatic heterocycles. The average molecular weight is 204 g/mol. The van der Waals surface area contributed by atoms with Gasteiger partial charge in [0.15, 0.2) is 0 Å². The summed E-state index contributed by atoms with van der Waals surface area (Å²) < 4.78 is 0. The van der Waals surface area contributed by atoms with Crippen LogP contribution in [0.25, 0.3) is 0 Å². The molecule has 2 nitrogen and oxygen atoms in total. The zero-order chi connectivity index (χ0) is 10.7. The van der Waals surface area contributed by atoms with Gasteiger partial charge in [-0.1, -0.05) is 42.5 Å². The topological polar surface area (TPSA) is 40.5 Å². The molecular formula is C13H16O2. The average Bonchev–Trinajstić information content (AvgIpc) is 2.62. The van der Waals surface area contributed by atoms with Crippen molar-refractivity contribution in [1.29, 1.82) is 0 Å². The van der Waals surface area contributed by atoms with Gasteiger partial charge in [0, 0.05) is 5.41 Å². The lowest BCUT2D eigenvalue weighted by Crippen LogP contribution is -2.36. The largest absolute Gasteiger partial charge is 0.396 e. The summed E-state index contributed by atoms with van der Waals surface area (Å²) in [5.41, 5.74) is 0.760. The van der Waals surface area contributed by atoms with Gasteiger partial charge in [-0.3, -0.25) is 0 Å². The molecule has 1 aromatic carbocycles. The van der Waals surface area contributed by atoms with E-state index in [2.05, 4.69) is 0 Å². The predicted octanol–water partition coefficient (Wildman–Crippen LogP) is 1.53. The summed E-state index contributed by atoms with van der Waals surface area (Å²) in [4.78, 5) is 0. The monoisotopic (exact) mass is 204 g/mol. The van der Waals surface area contributed by atoms with E-state index in [4.69, 9.17) is 0 Å². The summed E-state index contributed by atoms with van der Waals surface area (Å²) in [6.45, 7) is 0.0239. The van der Waals surface area contributed by atoms with Crippen LogP contribution in [-0.2, 0) is 6.42 Å². The van der Waals surface area contributed by atoms with Gasteiger partial charge in [0.25, 0.3) is 0 Å².